The van der Waals surface area contributed by atoms with Gasteiger partial charge in [0.2, 0.25) is 5.91 Å². The number of hydrogen-bond acceptors (Lipinski definition) is 4. The van der Waals surface area contributed by atoms with Gasteiger partial charge in [0.05, 0.1) is 11.3 Å². The summed E-state index contributed by atoms with van der Waals surface area (Å²) in [6.07, 6.45) is -0.401. The van der Waals surface area contributed by atoms with E-state index in [0.29, 0.717) is 22.8 Å². The first-order valence-corrected chi connectivity index (χ1v) is 12.4. The van der Waals surface area contributed by atoms with E-state index in [2.05, 4.69) is 18.5 Å². The molecule has 1 amide bonds. The van der Waals surface area contributed by atoms with E-state index in [1.54, 1.807) is 23.7 Å². The van der Waals surface area contributed by atoms with Crippen molar-refractivity contribution in [1.82, 2.24) is 5.01 Å². The van der Waals surface area contributed by atoms with Crippen LogP contribution in [0.4, 0.5) is 18.9 Å². The van der Waals surface area contributed by atoms with Gasteiger partial charge >= 0.3 is 6.18 Å². The molecule has 0 bridgehead atoms. The molecule has 0 fully saturated rings. The lowest BCUT2D eigenvalue weighted by molar-refractivity contribution is -0.137. The first-order valence-electron chi connectivity index (χ1n) is 10.6. The minimum absolute atomic E-state index is 0.00959. The summed E-state index contributed by atoms with van der Waals surface area (Å²) in [5, 5.41) is 9.86. The lowest BCUT2D eigenvalue weighted by Gasteiger charge is -2.26. The van der Waals surface area contributed by atoms with Crippen LogP contribution in [0.5, 0.6) is 0 Å². The normalized spacial score (nSPS) is 18.4. The van der Waals surface area contributed by atoms with Crippen LogP contribution in [0.3, 0.4) is 0 Å². The van der Waals surface area contributed by atoms with Gasteiger partial charge in [0, 0.05) is 22.7 Å². The second-order valence-electron chi connectivity index (χ2n) is 8.51. The topological polar surface area (TPSA) is 44.7 Å². The average Bonchev–Trinajstić information content (AvgIpc) is 3.05. The van der Waals surface area contributed by atoms with Gasteiger partial charge in [0.1, 0.15) is 6.54 Å². The summed E-state index contributed by atoms with van der Waals surface area (Å²) in [5.41, 5.74) is 1.62. The minimum atomic E-state index is -4.42. The minimum Gasteiger partial charge on any atom is -0.324 e. The van der Waals surface area contributed by atoms with Crippen LogP contribution < -0.4 is 5.32 Å². The molecular formula is C24H27ClF3N3OS. The molecule has 0 saturated carbocycles. The number of halogens is 4. The van der Waals surface area contributed by atoms with Crippen molar-refractivity contribution < 1.29 is 18.0 Å². The van der Waals surface area contributed by atoms with Crippen LogP contribution in [-0.2, 0) is 11.0 Å². The molecule has 9 heteroatoms. The standard InChI is InChI=1S/C24H27ClF3N3OS/c1-16-13-18(24(26,27)28)7-10-20(16)29-21(32)14-31-15-23(2,11-4-12-33-3)22(30-31)17-5-8-19(25)9-6-17/h5-10,13H,4,11-12,14-15H2,1-3H3,(H,29,32). The maximum Gasteiger partial charge on any atom is 0.416 e. The van der Waals surface area contributed by atoms with E-state index in [9.17, 15) is 18.0 Å². The predicted molar refractivity (Wildman–Crippen MR) is 130 cm³/mol. The maximum atomic E-state index is 12.9. The molecule has 1 aliphatic heterocycles. The third-order valence-corrected chi connectivity index (χ3v) is 6.64. The summed E-state index contributed by atoms with van der Waals surface area (Å²) >= 11 is 7.84. The third kappa shape index (κ3) is 6.44. The number of nitrogens with zero attached hydrogens (tertiary/aromatic N) is 2. The number of alkyl halides is 3. The van der Waals surface area contributed by atoms with Crippen molar-refractivity contribution in [1.29, 1.82) is 0 Å². The molecule has 0 radical (unpaired) electrons. The molecule has 2 aromatic carbocycles. The van der Waals surface area contributed by atoms with Gasteiger partial charge in [0.25, 0.3) is 0 Å². The fraction of sp³-hybridized carbons (Fsp3) is 0.417. The summed E-state index contributed by atoms with van der Waals surface area (Å²) in [5.74, 6) is 0.711. The van der Waals surface area contributed by atoms with Gasteiger partial charge in [-0.15, -0.1) is 0 Å². The van der Waals surface area contributed by atoms with Gasteiger partial charge in [-0.3, -0.25) is 9.80 Å². The van der Waals surface area contributed by atoms with Crippen LogP contribution in [0.2, 0.25) is 5.02 Å². The average molecular weight is 498 g/mol. The zero-order chi connectivity index (χ0) is 24.2. The largest absolute Gasteiger partial charge is 0.416 e. The van der Waals surface area contributed by atoms with Crippen LogP contribution in [0.15, 0.2) is 47.6 Å². The van der Waals surface area contributed by atoms with Gasteiger partial charge in [-0.1, -0.05) is 30.7 Å². The Morgan fingerprint density at radius 2 is 1.94 bits per heavy atom. The molecule has 1 atom stereocenters. The monoisotopic (exact) mass is 497 g/mol. The zero-order valence-electron chi connectivity index (χ0n) is 18.8. The fourth-order valence-electron chi connectivity index (χ4n) is 4.02. The van der Waals surface area contributed by atoms with Crippen molar-refractivity contribution in [2.45, 2.75) is 32.9 Å². The molecule has 0 aromatic heterocycles. The fourth-order valence-corrected chi connectivity index (χ4v) is 4.58. The highest BCUT2D eigenvalue weighted by Gasteiger charge is 2.39. The Balaban J connectivity index is 1.74. The number of amides is 1. The number of carbonyl (C=O) groups is 1. The molecule has 1 aliphatic rings. The quantitative estimate of drug-likeness (QED) is 0.425. The number of benzene rings is 2. The summed E-state index contributed by atoms with van der Waals surface area (Å²) < 4.78 is 38.7. The van der Waals surface area contributed by atoms with E-state index in [1.807, 2.05) is 24.3 Å². The zero-order valence-corrected chi connectivity index (χ0v) is 20.4. The molecule has 1 N–H and O–H groups in total. The number of rotatable bonds is 8. The molecule has 0 saturated heterocycles. The summed E-state index contributed by atoms with van der Waals surface area (Å²) in [4.78, 5) is 12.7. The Hall–Kier alpha value is -2.19. The third-order valence-electron chi connectivity index (χ3n) is 5.69. The summed E-state index contributed by atoms with van der Waals surface area (Å²) in [6.45, 7) is 4.29. The number of hydrogen-bond donors (Lipinski definition) is 1. The lowest BCUT2D eigenvalue weighted by Crippen LogP contribution is -2.35. The molecule has 1 heterocycles. The number of aryl methyl sites for hydroxylation is 1. The molecule has 3 rings (SSSR count). The number of nitrogens with one attached hydrogen (secondary N) is 1. The van der Waals surface area contributed by atoms with Crippen molar-refractivity contribution in [3.8, 4) is 0 Å². The van der Waals surface area contributed by atoms with Crippen LogP contribution in [0.1, 0.15) is 36.5 Å². The van der Waals surface area contributed by atoms with Crippen molar-refractivity contribution in [3.63, 3.8) is 0 Å². The highest BCUT2D eigenvalue weighted by atomic mass is 35.5. The SMILES string of the molecule is CSCCCC1(C)CN(CC(=O)Nc2ccc(C(F)(F)F)cc2C)N=C1c1ccc(Cl)cc1. The molecular weight excluding hydrogens is 471 g/mol. The van der Waals surface area contributed by atoms with Gasteiger partial charge in [-0.05, 0) is 73.2 Å². The molecule has 33 heavy (non-hydrogen) atoms. The number of thioether (sulfide) groups is 1. The van der Waals surface area contributed by atoms with Crippen LogP contribution in [-0.4, -0.2) is 41.7 Å². The number of anilines is 1. The van der Waals surface area contributed by atoms with E-state index in [0.717, 1.165) is 42.0 Å². The van der Waals surface area contributed by atoms with Crippen molar-refractivity contribution in [3.05, 3.63) is 64.2 Å². The molecule has 0 spiro atoms. The van der Waals surface area contributed by atoms with Crippen molar-refractivity contribution >= 4 is 40.7 Å². The lowest BCUT2D eigenvalue weighted by atomic mass is 9.78. The highest BCUT2D eigenvalue weighted by Crippen LogP contribution is 2.36. The van der Waals surface area contributed by atoms with E-state index >= 15 is 0 Å². The smallest absolute Gasteiger partial charge is 0.324 e. The Labute approximate surface area is 201 Å². The maximum absolute atomic E-state index is 12.9. The molecule has 2 aromatic rings. The Bertz CT molecular complexity index is 1030. The second kappa shape index (κ2) is 10.4. The molecule has 4 nitrogen and oxygen atoms in total. The number of hydrazone groups is 1. The van der Waals surface area contributed by atoms with E-state index in [4.69, 9.17) is 16.7 Å². The molecule has 1 unspecified atom stereocenters. The van der Waals surface area contributed by atoms with E-state index in [1.165, 1.54) is 6.07 Å². The Morgan fingerprint density at radius 3 is 2.55 bits per heavy atom. The second-order valence-corrected chi connectivity index (χ2v) is 9.93. The first kappa shape index (κ1) is 25.4. The van der Waals surface area contributed by atoms with Crippen LogP contribution >= 0.6 is 23.4 Å². The van der Waals surface area contributed by atoms with Crippen molar-refractivity contribution in [2.75, 3.05) is 30.4 Å². The predicted octanol–water partition coefficient (Wildman–Crippen LogP) is 6.48. The highest BCUT2D eigenvalue weighted by molar-refractivity contribution is 7.98. The Morgan fingerprint density at radius 1 is 1.24 bits per heavy atom. The summed E-state index contributed by atoms with van der Waals surface area (Å²) in [6, 6.07) is 10.8. The number of carbonyl (C=O) groups excluding carboxylic acids is 1. The van der Waals surface area contributed by atoms with Crippen LogP contribution in [0, 0.1) is 12.3 Å². The van der Waals surface area contributed by atoms with Gasteiger partial charge in [-0.25, -0.2) is 0 Å². The summed E-state index contributed by atoms with van der Waals surface area (Å²) in [7, 11) is 0. The van der Waals surface area contributed by atoms with E-state index < -0.39 is 11.7 Å². The van der Waals surface area contributed by atoms with Gasteiger partial charge in [0.15, 0.2) is 0 Å². The molecule has 0 aliphatic carbocycles. The molecule has 178 valence electrons. The Kier molecular flexibility index (Phi) is 8.00. The first-order chi connectivity index (χ1) is 15.5. The van der Waals surface area contributed by atoms with Gasteiger partial charge in [-0.2, -0.15) is 30.0 Å². The van der Waals surface area contributed by atoms with Crippen molar-refractivity contribution in [2.24, 2.45) is 10.5 Å². The van der Waals surface area contributed by atoms with E-state index in [-0.39, 0.29) is 17.9 Å². The van der Waals surface area contributed by atoms with Crippen LogP contribution in [0.25, 0.3) is 0 Å². The van der Waals surface area contributed by atoms with Gasteiger partial charge < -0.3 is 5.32 Å².